The first-order chi connectivity index (χ1) is 11.2. The van der Waals surface area contributed by atoms with Crippen LogP contribution in [0.3, 0.4) is 0 Å². The van der Waals surface area contributed by atoms with E-state index in [1.807, 2.05) is 42.5 Å². The third kappa shape index (κ3) is 2.89. The normalized spacial score (nSPS) is 10.5. The van der Waals surface area contributed by atoms with E-state index in [9.17, 15) is 10.1 Å². The molecule has 0 unspecified atom stereocenters. The van der Waals surface area contributed by atoms with E-state index in [0.29, 0.717) is 0 Å². The summed E-state index contributed by atoms with van der Waals surface area (Å²) in [4.78, 5) is 18.7. The van der Waals surface area contributed by atoms with Crippen molar-refractivity contribution in [1.82, 2.24) is 9.97 Å². The zero-order valence-corrected chi connectivity index (χ0v) is 12.4. The molecule has 1 aromatic heterocycles. The van der Waals surface area contributed by atoms with Crippen molar-refractivity contribution in [2.75, 3.05) is 11.9 Å². The molecule has 0 saturated carbocycles. The number of ether oxygens (including phenoxy) is 1. The largest absolute Gasteiger partial charge is 0.473 e. The van der Waals surface area contributed by atoms with Crippen molar-refractivity contribution in [3.63, 3.8) is 0 Å². The van der Waals surface area contributed by atoms with Crippen molar-refractivity contribution in [2.45, 2.75) is 6.92 Å². The van der Waals surface area contributed by atoms with Crippen molar-refractivity contribution in [3.8, 4) is 5.88 Å². The lowest BCUT2D eigenvalue weighted by Crippen LogP contribution is -2.05. The number of nitrogens with zero attached hydrogens (tertiary/aromatic N) is 3. The molecule has 0 aliphatic rings. The number of benzene rings is 2. The highest BCUT2D eigenvalue weighted by Gasteiger charge is 2.24. The Bertz CT molecular complexity index is 862. The van der Waals surface area contributed by atoms with E-state index >= 15 is 0 Å². The van der Waals surface area contributed by atoms with Crippen LogP contribution < -0.4 is 10.1 Å². The van der Waals surface area contributed by atoms with Gasteiger partial charge in [-0.2, -0.15) is 4.98 Å². The summed E-state index contributed by atoms with van der Waals surface area (Å²) >= 11 is 0. The summed E-state index contributed by atoms with van der Waals surface area (Å²) in [5, 5.41) is 16.4. The van der Waals surface area contributed by atoms with Crippen LogP contribution >= 0.6 is 0 Å². The van der Waals surface area contributed by atoms with Gasteiger partial charge in [-0.15, -0.1) is 0 Å². The van der Waals surface area contributed by atoms with Gasteiger partial charge in [0.1, 0.15) is 6.33 Å². The number of rotatable bonds is 5. The van der Waals surface area contributed by atoms with Gasteiger partial charge in [0.2, 0.25) is 5.82 Å². The van der Waals surface area contributed by atoms with Crippen LogP contribution in [-0.2, 0) is 0 Å². The molecular formula is C16H14N4O3. The third-order valence-corrected chi connectivity index (χ3v) is 3.30. The molecule has 0 fully saturated rings. The van der Waals surface area contributed by atoms with Crippen LogP contribution in [0.5, 0.6) is 5.88 Å². The molecule has 7 nitrogen and oxygen atoms in total. The molecule has 23 heavy (non-hydrogen) atoms. The van der Waals surface area contributed by atoms with Gasteiger partial charge in [-0.25, -0.2) is 4.98 Å². The molecule has 0 saturated heterocycles. The number of hydrogen-bond acceptors (Lipinski definition) is 6. The van der Waals surface area contributed by atoms with Gasteiger partial charge in [0, 0.05) is 11.1 Å². The van der Waals surface area contributed by atoms with Gasteiger partial charge in [0.25, 0.3) is 5.88 Å². The predicted octanol–water partition coefficient (Wildman–Crippen LogP) is 3.68. The number of nitro groups is 1. The highest BCUT2D eigenvalue weighted by atomic mass is 16.6. The maximum absolute atomic E-state index is 11.4. The summed E-state index contributed by atoms with van der Waals surface area (Å²) < 4.78 is 5.23. The maximum Gasteiger partial charge on any atom is 0.373 e. The van der Waals surface area contributed by atoms with E-state index in [1.165, 1.54) is 6.33 Å². The number of anilines is 2. The molecule has 2 aromatic carbocycles. The van der Waals surface area contributed by atoms with E-state index in [0.717, 1.165) is 16.5 Å². The Balaban J connectivity index is 2.09. The van der Waals surface area contributed by atoms with Crippen LogP contribution in [0, 0.1) is 10.1 Å². The molecule has 3 rings (SSSR count). The van der Waals surface area contributed by atoms with E-state index < -0.39 is 4.92 Å². The molecule has 0 aliphatic carbocycles. The Kier molecular flexibility index (Phi) is 4.01. The molecule has 3 aromatic rings. The van der Waals surface area contributed by atoms with Crippen LogP contribution in [0.25, 0.3) is 10.8 Å². The zero-order valence-electron chi connectivity index (χ0n) is 12.4. The summed E-state index contributed by atoms with van der Waals surface area (Å²) in [7, 11) is 0. The number of aromatic nitrogens is 2. The minimum atomic E-state index is -0.543. The Morgan fingerprint density at radius 2 is 1.96 bits per heavy atom. The summed E-state index contributed by atoms with van der Waals surface area (Å²) in [6.45, 7) is 2.02. The van der Waals surface area contributed by atoms with E-state index in [1.54, 1.807) is 6.92 Å². The first-order valence-electron chi connectivity index (χ1n) is 7.07. The minimum absolute atomic E-state index is 0.0461. The lowest BCUT2D eigenvalue weighted by atomic mass is 10.1. The zero-order chi connectivity index (χ0) is 16.2. The molecule has 7 heteroatoms. The number of hydrogen-bond donors (Lipinski definition) is 1. The van der Waals surface area contributed by atoms with E-state index in [-0.39, 0.29) is 24.0 Å². The van der Waals surface area contributed by atoms with E-state index in [2.05, 4.69) is 15.3 Å². The van der Waals surface area contributed by atoms with Gasteiger partial charge < -0.3 is 10.1 Å². The predicted molar refractivity (Wildman–Crippen MR) is 87.1 cm³/mol. The summed E-state index contributed by atoms with van der Waals surface area (Å²) in [6, 6.07) is 13.4. The minimum Gasteiger partial charge on any atom is -0.473 e. The van der Waals surface area contributed by atoms with Gasteiger partial charge >= 0.3 is 5.69 Å². The Labute approximate surface area is 132 Å². The molecule has 116 valence electrons. The van der Waals surface area contributed by atoms with Crippen LogP contribution in [-0.4, -0.2) is 21.5 Å². The molecule has 0 atom stereocenters. The van der Waals surface area contributed by atoms with Crippen LogP contribution in [0.15, 0.2) is 48.8 Å². The molecule has 0 amide bonds. The second-order valence-corrected chi connectivity index (χ2v) is 4.72. The van der Waals surface area contributed by atoms with Gasteiger partial charge in [-0.3, -0.25) is 10.1 Å². The van der Waals surface area contributed by atoms with Gasteiger partial charge in [0.05, 0.1) is 11.5 Å². The van der Waals surface area contributed by atoms with Gasteiger partial charge in [-0.05, 0) is 18.4 Å². The SMILES string of the molecule is CCOc1ncnc(Nc2cccc3ccccc23)c1[N+](=O)[O-]. The molecule has 0 radical (unpaired) electrons. The summed E-state index contributed by atoms with van der Waals surface area (Å²) in [5.74, 6) is 0.0556. The van der Waals surface area contributed by atoms with Gasteiger partial charge in [-0.1, -0.05) is 36.4 Å². The van der Waals surface area contributed by atoms with Crippen molar-refractivity contribution in [2.24, 2.45) is 0 Å². The fourth-order valence-electron chi connectivity index (χ4n) is 2.32. The second-order valence-electron chi connectivity index (χ2n) is 4.72. The summed E-state index contributed by atoms with van der Waals surface area (Å²) in [5.41, 5.74) is 0.453. The monoisotopic (exact) mass is 310 g/mol. The molecule has 0 bridgehead atoms. The van der Waals surface area contributed by atoms with Crippen LogP contribution in [0.1, 0.15) is 6.92 Å². The Hall–Kier alpha value is -3.22. The van der Waals surface area contributed by atoms with Crippen molar-refractivity contribution < 1.29 is 9.66 Å². The fraction of sp³-hybridized carbons (Fsp3) is 0.125. The van der Waals surface area contributed by atoms with Crippen LogP contribution in [0.4, 0.5) is 17.2 Å². The lowest BCUT2D eigenvalue weighted by molar-refractivity contribution is -0.385. The molecular weight excluding hydrogens is 296 g/mol. The maximum atomic E-state index is 11.4. The first-order valence-corrected chi connectivity index (χ1v) is 7.07. The number of fused-ring (bicyclic) bond motifs is 1. The standard InChI is InChI=1S/C16H14N4O3/c1-2-23-16-14(20(21)22)15(17-10-18-16)19-13-9-5-7-11-6-3-4-8-12(11)13/h3-10H,2H2,1H3,(H,17,18,19). The van der Waals surface area contributed by atoms with E-state index in [4.69, 9.17) is 4.74 Å². The smallest absolute Gasteiger partial charge is 0.373 e. The highest BCUT2D eigenvalue weighted by Crippen LogP contribution is 2.34. The average Bonchev–Trinajstić information content (AvgIpc) is 2.55. The average molecular weight is 310 g/mol. The number of nitrogens with one attached hydrogen (secondary N) is 1. The molecule has 1 heterocycles. The second kappa shape index (κ2) is 6.27. The van der Waals surface area contributed by atoms with Crippen molar-refractivity contribution in [3.05, 3.63) is 58.9 Å². The molecule has 0 aliphatic heterocycles. The topological polar surface area (TPSA) is 90.2 Å². The Morgan fingerprint density at radius 1 is 1.17 bits per heavy atom. The fourth-order valence-corrected chi connectivity index (χ4v) is 2.32. The summed E-state index contributed by atoms with van der Waals surface area (Å²) in [6.07, 6.45) is 1.24. The third-order valence-electron chi connectivity index (χ3n) is 3.30. The lowest BCUT2D eigenvalue weighted by Gasteiger charge is -2.10. The quantitative estimate of drug-likeness (QED) is 0.571. The van der Waals surface area contributed by atoms with Crippen LogP contribution in [0.2, 0.25) is 0 Å². The Morgan fingerprint density at radius 3 is 2.74 bits per heavy atom. The van der Waals surface area contributed by atoms with Crippen molar-refractivity contribution in [1.29, 1.82) is 0 Å². The van der Waals surface area contributed by atoms with Crippen molar-refractivity contribution >= 4 is 28.0 Å². The van der Waals surface area contributed by atoms with Gasteiger partial charge in [0.15, 0.2) is 0 Å². The first kappa shape index (κ1) is 14.7. The highest BCUT2D eigenvalue weighted by molar-refractivity contribution is 5.95. The molecule has 0 spiro atoms. The molecule has 1 N–H and O–H groups in total.